The molecule has 0 aliphatic carbocycles. The van der Waals surface area contributed by atoms with Gasteiger partial charge in [-0.3, -0.25) is 9.59 Å². The zero-order valence-corrected chi connectivity index (χ0v) is 15.6. The van der Waals surface area contributed by atoms with Crippen molar-refractivity contribution >= 4 is 11.9 Å². The quantitative estimate of drug-likeness (QED) is 0.698. The predicted octanol–water partition coefficient (Wildman–Crippen LogP) is 2.44. The highest BCUT2D eigenvalue weighted by Gasteiger charge is 2.41. The zero-order chi connectivity index (χ0) is 18.4. The average molecular weight is 355 g/mol. The van der Waals surface area contributed by atoms with Crippen molar-refractivity contribution in [2.45, 2.75) is 76.9 Å². The lowest BCUT2D eigenvalue weighted by molar-refractivity contribution is -0.146. The Hall–Kier alpha value is -1.14. The third-order valence-corrected chi connectivity index (χ3v) is 5.72. The molecule has 144 valence electrons. The number of hydrogen-bond acceptors (Lipinski definition) is 4. The molecule has 0 spiro atoms. The van der Waals surface area contributed by atoms with Gasteiger partial charge < -0.3 is 19.8 Å². The van der Waals surface area contributed by atoms with E-state index in [1.165, 1.54) is 0 Å². The topological polar surface area (TPSA) is 87.1 Å². The molecule has 2 rings (SSSR count). The number of amides is 1. The van der Waals surface area contributed by atoms with Crippen LogP contribution in [-0.4, -0.2) is 58.4 Å². The summed E-state index contributed by atoms with van der Waals surface area (Å²) in [6.07, 6.45) is 5.14. The monoisotopic (exact) mass is 355 g/mol. The van der Waals surface area contributed by atoms with Crippen LogP contribution in [0, 0.1) is 11.8 Å². The first-order valence-corrected chi connectivity index (χ1v) is 9.74. The molecule has 2 aliphatic heterocycles. The van der Waals surface area contributed by atoms with Crippen molar-refractivity contribution in [2.75, 3.05) is 19.7 Å². The van der Waals surface area contributed by atoms with Gasteiger partial charge >= 0.3 is 5.97 Å². The van der Waals surface area contributed by atoms with Crippen molar-refractivity contribution in [3.8, 4) is 0 Å². The van der Waals surface area contributed by atoms with E-state index in [1.54, 1.807) is 0 Å². The lowest BCUT2D eigenvalue weighted by Crippen LogP contribution is -2.45. The van der Waals surface area contributed by atoms with E-state index in [-0.39, 0.29) is 24.3 Å². The second kappa shape index (κ2) is 8.99. The Bertz CT molecular complexity index is 453. The van der Waals surface area contributed by atoms with Gasteiger partial charge in [-0.2, -0.15) is 0 Å². The molecule has 2 N–H and O–H groups in total. The summed E-state index contributed by atoms with van der Waals surface area (Å²) in [5.74, 6) is -0.959. The Morgan fingerprint density at radius 2 is 1.72 bits per heavy atom. The van der Waals surface area contributed by atoms with Gasteiger partial charge in [-0.25, -0.2) is 0 Å². The van der Waals surface area contributed by atoms with Crippen LogP contribution in [0.5, 0.6) is 0 Å². The molecule has 2 aliphatic rings. The molecule has 6 nitrogen and oxygen atoms in total. The molecule has 6 heteroatoms. The number of rotatable bonds is 8. The maximum Gasteiger partial charge on any atom is 0.309 e. The lowest BCUT2D eigenvalue weighted by Gasteiger charge is -2.37. The molecule has 0 aromatic rings. The molecular weight excluding hydrogens is 322 g/mol. The Balaban J connectivity index is 1.86. The molecule has 0 bridgehead atoms. The molecule has 2 saturated heterocycles. The SMILES string of the molecule is CCCC(O)(CCC)CC(=O)N1CCC([C@@H]2OCCC2C(=O)O)CC1. The molecule has 1 unspecified atom stereocenters. The molecule has 0 saturated carbocycles. The molecule has 0 aromatic carbocycles. The number of ether oxygens (including phenoxy) is 1. The highest BCUT2D eigenvalue weighted by atomic mass is 16.5. The first-order chi connectivity index (χ1) is 11.9. The van der Waals surface area contributed by atoms with Crippen molar-refractivity contribution in [2.24, 2.45) is 11.8 Å². The van der Waals surface area contributed by atoms with Crippen molar-refractivity contribution in [1.29, 1.82) is 0 Å². The van der Waals surface area contributed by atoms with E-state index in [1.807, 2.05) is 18.7 Å². The number of piperidine rings is 1. The maximum absolute atomic E-state index is 12.6. The third kappa shape index (κ3) is 5.17. The minimum Gasteiger partial charge on any atom is -0.481 e. The van der Waals surface area contributed by atoms with E-state index < -0.39 is 17.5 Å². The normalized spacial score (nSPS) is 25.3. The Kier molecular flexibility index (Phi) is 7.25. The molecule has 2 heterocycles. The number of carboxylic acids is 1. The first-order valence-electron chi connectivity index (χ1n) is 9.74. The van der Waals surface area contributed by atoms with Crippen molar-refractivity contribution in [3.63, 3.8) is 0 Å². The highest BCUT2D eigenvalue weighted by molar-refractivity contribution is 5.77. The van der Waals surface area contributed by atoms with Crippen LogP contribution in [0.25, 0.3) is 0 Å². The van der Waals surface area contributed by atoms with Crippen LogP contribution < -0.4 is 0 Å². The maximum atomic E-state index is 12.6. The predicted molar refractivity (Wildman–Crippen MR) is 94.2 cm³/mol. The summed E-state index contributed by atoms with van der Waals surface area (Å²) in [4.78, 5) is 25.8. The number of carbonyl (C=O) groups excluding carboxylic acids is 1. The third-order valence-electron chi connectivity index (χ3n) is 5.72. The van der Waals surface area contributed by atoms with Crippen molar-refractivity contribution < 1.29 is 24.5 Å². The minimum absolute atomic E-state index is 0.0185. The van der Waals surface area contributed by atoms with Gasteiger partial charge in [0.2, 0.25) is 5.91 Å². The summed E-state index contributed by atoms with van der Waals surface area (Å²) < 4.78 is 5.68. The van der Waals surface area contributed by atoms with Crippen LogP contribution in [0.4, 0.5) is 0 Å². The Labute approximate surface area is 150 Å². The second-order valence-electron chi connectivity index (χ2n) is 7.69. The molecule has 0 aromatic heterocycles. The summed E-state index contributed by atoms with van der Waals surface area (Å²) in [5, 5.41) is 20.0. The summed E-state index contributed by atoms with van der Waals surface area (Å²) >= 11 is 0. The number of aliphatic hydroxyl groups is 1. The average Bonchev–Trinajstić information content (AvgIpc) is 3.05. The number of carbonyl (C=O) groups is 2. The largest absolute Gasteiger partial charge is 0.481 e. The highest BCUT2D eigenvalue weighted by Crippen LogP contribution is 2.34. The molecule has 0 radical (unpaired) electrons. The summed E-state index contributed by atoms with van der Waals surface area (Å²) in [6, 6.07) is 0. The van der Waals surface area contributed by atoms with E-state index in [2.05, 4.69) is 0 Å². The smallest absolute Gasteiger partial charge is 0.309 e. The van der Waals surface area contributed by atoms with Gasteiger partial charge in [-0.05, 0) is 38.0 Å². The number of likely N-dealkylation sites (tertiary alicyclic amines) is 1. The van der Waals surface area contributed by atoms with Crippen LogP contribution >= 0.6 is 0 Å². The molecule has 2 atom stereocenters. The summed E-state index contributed by atoms with van der Waals surface area (Å²) in [5.41, 5.74) is -0.888. The minimum atomic E-state index is -0.888. The van der Waals surface area contributed by atoms with Crippen LogP contribution in [-0.2, 0) is 14.3 Å². The fourth-order valence-corrected chi connectivity index (χ4v) is 4.44. The molecule has 2 fully saturated rings. The van der Waals surface area contributed by atoms with Crippen molar-refractivity contribution in [1.82, 2.24) is 4.90 Å². The Morgan fingerprint density at radius 3 is 2.24 bits per heavy atom. The van der Waals surface area contributed by atoms with Crippen molar-refractivity contribution in [3.05, 3.63) is 0 Å². The van der Waals surface area contributed by atoms with Crippen LogP contribution in [0.1, 0.15) is 65.2 Å². The van der Waals surface area contributed by atoms with E-state index in [9.17, 15) is 19.8 Å². The number of carboxylic acid groups (broad SMARTS) is 1. The van der Waals surface area contributed by atoms with Crippen LogP contribution in [0.2, 0.25) is 0 Å². The number of hydrogen-bond donors (Lipinski definition) is 2. The molecule has 1 amide bonds. The first kappa shape index (κ1) is 20.2. The fourth-order valence-electron chi connectivity index (χ4n) is 4.44. The van der Waals surface area contributed by atoms with Gasteiger partial charge in [-0.15, -0.1) is 0 Å². The van der Waals surface area contributed by atoms with Gasteiger partial charge in [0.15, 0.2) is 0 Å². The van der Waals surface area contributed by atoms with Gasteiger partial charge in [0.25, 0.3) is 0 Å². The number of aliphatic carboxylic acids is 1. The zero-order valence-electron chi connectivity index (χ0n) is 15.6. The second-order valence-corrected chi connectivity index (χ2v) is 7.69. The summed E-state index contributed by atoms with van der Waals surface area (Å²) in [6.45, 7) is 5.82. The lowest BCUT2D eigenvalue weighted by atomic mass is 9.83. The van der Waals surface area contributed by atoms with Gasteiger partial charge in [0, 0.05) is 19.7 Å². The van der Waals surface area contributed by atoms with Crippen LogP contribution in [0.15, 0.2) is 0 Å². The van der Waals surface area contributed by atoms with E-state index in [0.29, 0.717) is 39.0 Å². The van der Waals surface area contributed by atoms with E-state index >= 15 is 0 Å². The van der Waals surface area contributed by atoms with E-state index in [4.69, 9.17) is 4.74 Å². The summed E-state index contributed by atoms with van der Waals surface area (Å²) in [7, 11) is 0. The van der Waals surface area contributed by atoms with Crippen LogP contribution in [0.3, 0.4) is 0 Å². The number of nitrogens with zero attached hydrogens (tertiary/aromatic N) is 1. The molecular formula is C19H33NO5. The van der Waals surface area contributed by atoms with Gasteiger partial charge in [0.1, 0.15) is 0 Å². The molecule has 25 heavy (non-hydrogen) atoms. The Morgan fingerprint density at radius 1 is 1.12 bits per heavy atom. The fraction of sp³-hybridized carbons (Fsp3) is 0.895. The van der Waals surface area contributed by atoms with Gasteiger partial charge in [-0.1, -0.05) is 26.7 Å². The van der Waals surface area contributed by atoms with Gasteiger partial charge in [0.05, 0.1) is 24.0 Å². The standard InChI is InChI=1S/C19H33NO5/c1-3-8-19(24,9-4-2)13-16(21)20-10-5-14(6-11-20)17-15(18(22)23)7-12-25-17/h14-15,17,24H,3-13H2,1-2H3,(H,22,23)/t15?,17-/m0/s1. The van der Waals surface area contributed by atoms with E-state index in [0.717, 1.165) is 25.7 Å².